The first-order valence-corrected chi connectivity index (χ1v) is 17.1. The van der Waals surface area contributed by atoms with Gasteiger partial charge in [-0.1, -0.05) is 41.2 Å². The van der Waals surface area contributed by atoms with E-state index < -0.39 is 36.5 Å². The molecular weight excluding hydrogens is 548 g/mol. The molecule has 0 aromatic rings. The third-order valence-electron chi connectivity index (χ3n) is 15.7. The van der Waals surface area contributed by atoms with Gasteiger partial charge < -0.3 is 39.4 Å². The molecule has 43 heavy (non-hydrogen) atoms. The summed E-state index contributed by atoms with van der Waals surface area (Å²) in [6.07, 6.45) is 2.97. The Morgan fingerprint density at radius 1 is 0.884 bits per heavy atom. The van der Waals surface area contributed by atoms with E-state index in [4.69, 9.17) is 18.9 Å². The van der Waals surface area contributed by atoms with Gasteiger partial charge in [-0.05, 0) is 103 Å². The summed E-state index contributed by atoms with van der Waals surface area (Å²) in [6.45, 7) is 18.1. The van der Waals surface area contributed by atoms with Crippen molar-refractivity contribution in [3.8, 4) is 0 Å². The number of hydrogen-bond acceptors (Lipinski definition) is 8. The molecule has 3 spiro atoms. The van der Waals surface area contributed by atoms with Gasteiger partial charge in [0.05, 0.1) is 18.8 Å². The Morgan fingerprint density at radius 3 is 2.30 bits per heavy atom. The predicted octanol–water partition coefficient (Wildman–Crippen LogP) is 3.93. The van der Waals surface area contributed by atoms with E-state index >= 15 is 0 Å². The Morgan fingerprint density at radius 2 is 1.58 bits per heavy atom. The van der Waals surface area contributed by atoms with E-state index in [1.54, 1.807) is 0 Å². The fourth-order valence-corrected chi connectivity index (χ4v) is 13.8. The molecule has 3 heterocycles. The Bertz CT molecular complexity index is 1210. The zero-order valence-corrected chi connectivity index (χ0v) is 26.9. The molecule has 5 aliphatic carbocycles. The van der Waals surface area contributed by atoms with Crippen LogP contribution in [0.15, 0.2) is 12.2 Å². The van der Waals surface area contributed by atoms with Crippen LogP contribution in [0.1, 0.15) is 92.9 Å². The number of ether oxygens (including phenoxy) is 4. The van der Waals surface area contributed by atoms with Crippen LogP contribution >= 0.6 is 0 Å². The highest BCUT2D eigenvalue weighted by molar-refractivity contribution is 5.34. The molecule has 8 heteroatoms. The van der Waals surface area contributed by atoms with Gasteiger partial charge in [-0.25, -0.2) is 0 Å². The van der Waals surface area contributed by atoms with E-state index in [0.717, 1.165) is 44.1 Å². The Labute approximate surface area is 256 Å². The molecular formula is C35H54O8. The van der Waals surface area contributed by atoms with E-state index in [1.807, 2.05) is 6.92 Å². The van der Waals surface area contributed by atoms with E-state index in [9.17, 15) is 20.4 Å². The predicted molar refractivity (Wildman–Crippen MR) is 157 cm³/mol. The van der Waals surface area contributed by atoms with Crippen molar-refractivity contribution in [3.05, 3.63) is 12.2 Å². The van der Waals surface area contributed by atoms with Gasteiger partial charge in [0, 0.05) is 11.3 Å². The normalized spacial score (nSPS) is 62.8. The molecule has 0 aromatic carbocycles. The monoisotopic (exact) mass is 602 g/mol. The molecule has 5 saturated carbocycles. The number of hydrogen-bond donors (Lipinski definition) is 4. The largest absolute Gasteiger partial charge is 0.388 e. The van der Waals surface area contributed by atoms with Crippen LogP contribution in [0.3, 0.4) is 0 Å². The standard InChI is InChI=1S/C35H54O8/c1-17(2)26-20-14-18(3)27-31(6)12-13-34-16-33(34)11-10-23(41-28-25(38)24(37)19(36)15-40-28)30(4,5)21(33)8-9-22(34)32(31,7)29(39)35(27,42-20)43-26/h18-29,36-39H,1,8-16H2,2-7H3/t18-,19-,20+,21+,22+,23+,24+,25-,26-,27-,28+,29-,31-,32-,33-,34+,35+/m1/s1. The average molecular weight is 603 g/mol. The number of fused-ring (bicyclic) bond motifs is 4. The molecule has 8 fully saturated rings. The van der Waals surface area contributed by atoms with Gasteiger partial charge in [0.15, 0.2) is 12.1 Å². The summed E-state index contributed by atoms with van der Waals surface area (Å²) in [6, 6.07) is 0. The first kappa shape index (κ1) is 29.8. The van der Waals surface area contributed by atoms with Crippen molar-refractivity contribution in [1.82, 2.24) is 0 Å². The molecule has 0 radical (unpaired) electrons. The lowest BCUT2D eigenvalue weighted by Gasteiger charge is -2.63. The van der Waals surface area contributed by atoms with Crippen molar-refractivity contribution in [3.63, 3.8) is 0 Å². The van der Waals surface area contributed by atoms with Gasteiger partial charge >= 0.3 is 0 Å². The maximum atomic E-state index is 12.6. The lowest BCUT2D eigenvalue weighted by atomic mass is 9.41. The van der Waals surface area contributed by atoms with Gasteiger partial charge in [-0.3, -0.25) is 0 Å². The van der Waals surface area contributed by atoms with Crippen molar-refractivity contribution in [1.29, 1.82) is 0 Å². The van der Waals surface area contributed by atoms with Crippen LogP contribution < -0.4 is 0 Å². The van der Waals surface area contributed by atoms with Gasteiger partial charge in [-0.15, -0.1) is 0 Å². The van der Waals surface area contributed by atoms with E-state index in [1.165, 1.54) is 12.8 Å². The van der Waals surface area contributed by atoms with Crippen LogP contribution in [0.25, 0.3) is 0 Å². The van der Waals surface area contributed by atoms with Crippen molar-refractivity contribution in [2.75, 3.05) is 6.61 Å². The van der Waals surface area contributed by atoms with Crippen molar-refractivity contribution >= 4 is 0 Å². The topological polar surface area (TPSA) is 118 Å². The third kappa shape index (κ3) is 3.26. The molecule has 4 N–H and O–H groups in total. The molecule has 17 atom stereocenters. The summed E-state index contributed by atoms with van der Waals surface area (Å²) in [4.78, 5) is 0. The molecule has 3 saturated heterocycles. The summed E-state index contributed by atoms with van der Waals surface area (Å²) in [5.74, 6) is 0.477. The Balaban J connectivity index is 1.10. The molecule has 3 aliphatic heterocycles. The molecule has 242 valence electrons. The zero-order chi connectivity index (χ0) is 30.7. The summed E-state index contributed by atoms with van der Waals surface area (Å²) in [5, 5.41) is 43.4. The highest BCUT2D eigenvalue weighted by Crippen LogP contribution is 2.90. The van der Waals surface area contributed by atoms with Crippen molar-refractivity contribution in [2.45, 2.75) is 148 Å². The first-order chi connectivity index (χ1) is 20.1. The second-order valence-corrected chi connectivity index (χ2v) is 17.5. The summed E-state index contributed by atoms with van der Waals surface area (Å²) >= 11 is 0. The smallest absolute Gasteiger partial charge is 0.199 e. The number of rotatable bonds is 3. The van der Waals surface area contributed by atoms with Crippen LogP contribution in [0.5, 0.6) is 0 Å². The summed E-state index contributed by atoms with van der Waals surface area (Å²) in [7, 11) is 0. The minimum Gasteiger partial charge on any atom is -0.388 e. The maximum absolute atomic E-state index is 12.6. The van der Waals surface area contributed by atoms with Crippen molar-refractivity contribution < 1.29 is 39.4 Å². The first-order valence-electron chi connectivity index (χ1n) is 17.1. The number of aliphatic hydroxyl groups excluding tert-OH is 4. The van der Waals surface area contributed by atoms with Gasteiger partial charge in [0.2, 0.25) is 0 Å². The molecule has 8 aliphatic rings. The lowest BCUT2D eigenvalue weighted by Crippen LogP contribution is -2.61. The minimum absolute atomic E-state index is 0.0326. The number of aliphatic hydroxyl groups is 4. The average Bonchev–Trinajstić information content (AvgIpc) is 3.46. The third-order valence-corrected chi connectivity index (χ3v) is 15.7. The van der Waals surface area contributed by atoms with Gasteiger partial charge in [0.25, 0.3) is 0 Å². The summed E-state index contributed by atoms with van der Waals surface area (Å²) in [5.41, 5.74) is 0.877. The van der Waals surface area contributed by atoms with Crippen LogP contribution in [0.2, 0.25) is 0 Å². The van der Waals surface area contributed by atoms with Crippen LogP contribution in [-0.2, 0) is 18.9 Å². The lowest BCUT2D eigenvalue weighted by molar-refractivity contribution is -0.303. The SMILES string of the molecule is C=C(C)[C@H]1O[C@@]23O[C@H]1C[C@@H](C)[C@@H]2[C@@]1(C)CC[C@@]24C[C@@]25CC[C@H](O[C@@H]2OC[C@@H](O)[C@H](O)[C@H]2O)C(C)(C)[C@@H]5CC[C@H]4[C@]1(C)[C@H]3O. The second kappa shape index (κ2) is 8.85. The molecule has 0 unspecified atom stereocenters. The second-order valence-electron chi connectivity index (χ2n) is 17.5. The van der Waals surface area contributed by atoms with Crippen molar-refractivity contribution in [2.24, 2.45) is 50.7 Å². The fourth-order valence-electron chi connectivity index (χ4n) is 13.8. The van der Waals surface area contributed by atoms with Crippen LogP contribution in [0.4, 0.5) is 0 Å². The van der Waals surface area contributed by atoms with E-state index in [-0.39, 0.29) is 57.9 Å². The molecule has 8 rings (SSSR count). The molecule has 0 amide bonds. The molecule has 0 aromatic heterocycles. The fraction of sp³-hybridized carbons (Fsp3) is 0.943. The highest BCUT2D eigenvalue weighted by atomic mass is 16.8. The summed E-state index contributed by atoms with van der Waals surface area (Å²) < 4.78 is 25.9. The molecule has 2 bridgehead atoms. The highest BCUT2D eigenvalue weighted by Gasteiger charge is 2.88. The zero-order valence-electron chi connectivity index (χ0n) is 26.9. The quantitative estimate of drug-likeness (QED) is 0.284. The van der Waals surface area contributed by atoms with Crippen LogP contribution in [-0.4, -0.2) is 81.8 Å². The molecule has 8 nitrogen and oxygen atoms in total. The van der Waals surface area contributed by atoms with E-state index in [2.05, 4.69) is 41.2 Å². The Kier molecular flexibility index (Phi) is 6.14. The van der Waals surface area contributed by atoms with E-state index in [0.29, 0.717) is 17.8 Å². The van der Waals surface area contributed by atoms with Gasteiger partial charge in [0.1, 0.15) is 30.5 Å². The van der Waals surface area contributed by atoms with Crippen LogP contribution in [0, 0.1) is 50.7 Å². The van der Waals surface area contributed by atoms with Gasteiger partial charge in [-0.2, -0.15) is 0 Å². The Hall–Kier alpha value is -0.580. The maximum Gasteiger partial charge on any atom is 0.199 e. The minimum atomic E-state index is -1.27.